The Morgan fingerprint density at radius 1 is 1.36 bits per heavy atom. The number of nitrogens with one attached hydrogen (secondary N) is 1. The largest absolute Gasteiger partial charge is 0.355 e. The van der Waals surface area contributed by atoms with E-state index in [4.69, 9.17) is 16.1 Å². The highest BCUT2D eigenvalue weighted by Crippen LogP contribution is 2.38. The first-order valence-electron chi connectivity index (χ1n) is 7.74. The summed E-state index contributed by atoms with van der Waals surface area (Å²) in [6.07, 6.45) is 2.93. The second kappa shape index (κ2) is 6.36. The highest BCUT2D eigenvalue weighted by molar-refractivity contribution is 7.16. The molecule has 124 valence electrons. The van der Waals surface area contributed by atoms with E-state index in [0.717, 1.165) is 30.4 Å². The Labute approximate surface area is 152 Å². The van der Waals surface area contributed by atoms with Crippen LogP contribution in [-0.2, 0) is 12.8 Å². The van der Waals surface area contributed by atoms with Crippen molar-refractivity contribution in [1.29, 1.82) is 5.26 Å². The fourth-order valence-corrected chi connectivity index (χ4v) is 4.36. The molecular weight excluding hydrogens is 358 g/mol. The quantitative estimate of drug-likeness (QED) is 0.727. The summed E-state index contributed by atoms with van der Waals surface area (Å²) >= 11 is 7.44. The molecular formula is C18H12ClN3O2S. The van der Waals surface area contributed by atoms with Crippen LogP contribution in [0.2, 0.25) is 5.02 Å². The molecule has 0 aliphatic heterocycles. The van der Waals surface area contributed by atoms with Crippen LogP contribution in [0.1, 0.15) is 32.9 Å². The van der Waals surface area contributed by atoms with Crippen molar-refractivity contribution in [1.82, 2.24) is 5.16 Å². The molecule has 0 unspecified atom stereocenters. The standard InChI is InChI=1S/C18H12ClN3O2S/c19-11-4-1-3-10(7-11)15-8-14(22-24-15)17(23)21-18-13(9-20)12-5-2-6-16(12)25-18/h1,3-4,7-8H,2,5-6H2,(H,21,23). The minimum atomic E-state index is -0.395. The third-order valence-corrected chi connectivity index (χ3v) is 5.55. The van der Waals surface area contributed by atoms with Gasteiger partial charge in [-0.2, -0.15) is 5.26 Å². The normalized spacial score (nSPS) is 12.6. The molecule has 1 aliphatic carbocycles. The topological polar surface area (TPSA) is 78.9 Å². The molecule has 1 amide bonds. The van der Waals surface area contributed by atoms with Crippen LogP contribution < -0.4 is 5.32 Å². The molecule has 2 aromatic heterocycles. The van der Waals surface area contributed by atoms with Gasteiger partial charge in [0.25, 0.3) is 5.91 Å². The van der Waals surface area contributed by atoms with Crippen LogP contribution in [0.4, 0.5) is 5.00 Å². The lowest BCUT2D eigenvalue weighted by Gasteiger charge is -2.00. The van der Waals surface area contributed by atoms with E-state index in [2.05, 4.69) is 16.5 Å². The first kappa shape index (κ1) is 15.9. The third-order valence-electron chi connectivity index (χ3n) is 4.11. The van der Waals surface area contributed by atoms with Crippen LogP contribution >= 0.6 is 22.9 Å². The number of rotatable bonds is 3. The molecule has 3 aromatic rings. The zero-order valence-electron chi connectivity index (χ0n) is 13.0. The molecule has 0 bridgehead atoms. The number of carbonyl (C=O) groups excluding carboxylic acids is 1. The first-order valence-corrected chi connectivity index (χ1v) is 8.94. The van der Waals surface area contributed by atoms with Crippen molar-refractivity contribution in [3.8, 4) is 17.4 Å². The van der Waals surface area contributed by atoms with E-state index >= 15 is 0 Å². The number of carbonyl (C=O) groups is 1. The van der Waals surface area contributed by atoms with Crippen molar-refractivity contribution in [2.45, 2.75) is 19.3 Å². The van der Waals surface area contributed by atoms with Crippen molar-refractivity contribution in [2.75, 3.05) is 5.32 Å². The van der Waals surface area contributed by atoms with Crippen molar-refractivity contribution in [3.63, 3.8) is 0 Å². The number of anilines is 1. The molecule has 1 aromatic carbocycles. The van der Waals surface area contributed by atoms with E-state index in [1.165, 1.54) is 16.2 Å². The molecule has 0 saturated carbocycles. The van der Waals surface area contributed by atoms with E-state index < -0.39 is 5.91 Å². The lowest BCUT2D eigenvalue weighted by atomic mass is 10.1. The van der Waals surface area contributed by atoms with Crippen molar-refractivity contribution < 1.29 is 9.32 Å². The second-order valence-electron chi connectivity index (χ2n) is 5.71. The minimum absolute atomic E-state index is 0.160. The van der Waals surface area contributed by atoms with E-state index in [0.29, 0.717) is 21.3 Å². The lowest BCUT2D eigenvalue weighted by molar-refractivity contribution is 0.101. The molecule has 5 nitrogen and oxygen atoms in total. The van der Waals surface area contributed by atoms with Crippen molar-refractivity contribution in [3.05, 3.63) is 57.1 Å². The van der Waals surface area contributed by atoms with Gasteiger partial charge < -0.3 is 9.84 Å². The van der Waals surface area contributed by atoms with E-state index in [1.807, 2.05) is 6.07 Å². The van der Waals surface area contributed by atoms with Gasteiger partial charge in [0, 0.05) is 21.5 Å². The molecule has 0 radical (unpaired) electrons. The van der Waals surface area contributed by atoms with Gasteiger partial charge in [0.05, 0.1) is 5.56 Å². The fraction of sp³-hybridized carbons (Fsp3) is 0.167. The summed E-state index contributed by atoms with van der Waals surface area (Å²) in [5.74, 6) is 0.0651. The SMILES string of the molecule is N#Cc1c(NC(=O)c2cc(-c3cccc(Cl)c3)on2)sc2c1CCC2. The van der Waals surface area contributed by atoms with Gasteiger partial charge in [0.2, 0.25) is 0 Å². The Bertz CT molecular complexity index is 1020. The lowest BCUT2D eigenvalue weighted by Crippen LogP contribution is -2.12. The molecule has 0 saturated heterocycles. The third kappa shape index (κ3) is 2.93. The number of fused-ring (bicyclic) bond motifs is 1. The van der Waals surface area contributed by atoms with Gasteiger partial charge in [-0.1, -0.05) is 28.9 Å². The van der Waals surface area contributed by atoms with E-state index in [1.54, 1.807) is 24.3 Å². The number of benzene rings is 1. The Hall–Kier alpha value is -2.62. The van der Waals surface area contributed by atoms with Crippen LogP contribution in [0.25, 0.3) is 11.3 Å². The maximum Gasteiger partial charge on any atom is 0.278 e. The van der Waals surface area contributed by atoms with Gasteiger partial charge in [-0.15, -0.1) is 11.3 Å². The summed E-state index contributed by atoms with van der Waals surface area (Å²) in [5, 5.41) is 17.2. The minimum Gasteiger partial charge on any atom is -0.355 e. The van der Waals surface area contributed by atoms with Gasteiger partial charge in [0.1, 0.15) is 11.1 Å². The van der Waals surface area contributed by atoms with Gasteiger partial charge in [0.15, 0.2) is 11.5 Å². The predicted octanol–water partition coefficient (Wildman–Crippen LogP) is 4.67. The van der Waals surface area contributed by atoms with Crippen LogP contribution in [0, 0.1) is 11.3 Å². The molecule has 0 spiro atoms. The summed E-state index contributed by atoms with van der Waals surface area (Å²) in [7, 11) is 0. The number of thiophene rings is 1. The summed E-state index contributed by atoms with van der Waals surface area (Å²) in [5.41, 5.74) is 2.55. The monoisotopic (exact) mass is 369 g/mol. The summed E-state index contributed by atoms with van der Waals surface area (Å²) in [4.78, 5) is 13.6. The molecule has 4 rings (SSSR count). The Balaban J connectivity index is 1.58. The summed E-state index contributed by atoms with van der Waals surface area (Å²) in [6.45, 7) is 0. The van der Waals surface area contributed by atoms with Crippen LogP contribution in [-0.4, -0.2) is 11.1 Å². The molecule has 25 heavy (non-hydrogen) atoms. The van der Waals surface area contributed by atoms with Gasteiger partial charge in [-0.3, -0.25) is 4.79 Å². The molecule has 0 atom stereocenters. The number of aromatic nitrogens is 1. The molecule has 2 heterocycles. The van der Waals surface area contributed by atoms with Gasteiger partial charge in [-0.25, -0.2) is 0 Å². The van der Waals surface area contributed by atoms with E-state index in [9.17, 15) is 10.1 Å². The van der Waals surface area contributed by atoms with Crippen molar-refractivity contribution >= 4 is 33.8 Å². The van der Waals surface area contributed by atoms with Crippen LogP contribution in [0.5, 0.6) is 0 Å². The Kier molecular flexibility index (Phi) is 4.04. The average Bonchev–Trinajstić information content (AvgIpc) is 3.30. The van der Waals surface area contributed by atoms with Crippen molar-refractivity contribution in [2.24, 2.45) is 0 Å². The zero-order valence-corrected chi connectivity index (χ0v) is 14.6. The summed E-state index contributed by atoms with van der Waals surface area (Å²) in [6, 6.07) is 10.9. The van der Waals surface area contributed by atoms with Gasteiger partial charge >= 0.3 is 0 Å². The average molecular weight is 370 g/mol. The number of nitriles is 1. The highest BCUT2D eigenvalue weighted by atomic mass is 35.5. The summed E-state index contributed by atoms with van der Waals surface area (Å²) < 4.78 is 5.25. The predicted molar refractivity (Wildman–Crippen MR) is 96.0 cm³/mol. The fourth-order valence-electron chi connectivity index (χ4n) is 2.94. The molecule has 1 aliphatic rings. The maximum atomic E-state index is 12.5. The van der Waals surface area contributed by atoms with Gasteiger partial charge in [-0.05, 0) is 37.0 Å². The highest BCUT2D eigenvalue weighted by Gasteiger charge is 2.24. The number of aryl methyl sites for hydroxylation is 1. The molecule has 7 heteroatoms. The van der Waals surface area contributed by atoms with Crippen LogP contribution in [0.3, 0.4) is 0 Å². The first-order chi connectivity index (χ1) is 12.2. The smallest absolute Gasteiger partial charge is 0.278 e. The number of hydrogen-bond donors (Lipinski definition) is 1. The Morgan fingerprint density at radius 2 is 2.24 bits per heavy atom. The maximum absolute atomic E-state index is 12.5. The molecule has 0 fully saturated rings. The number of hydrogen-bond acceptors (Lipinski definition) is 5. The number of amides is 1. The zero-order chi connectivity index (χ0) is 17.4. The van der Waals surface area contributed by atoms with Crippen LogP contribution in [0.15, 0.2) is 34.9 Å². The Morgan fingerprint density at radius 3 is 3.04 bits per heavy atom. The molecule has 1 N–H and O–H groups in total. The number of nitrogens with zero attached hydrogens (tertiary/aromatic N) is 2. The van der Waals surface area contributed by atoms with E-state index in [-0.39, 0.29) is 5.69 Å². The second-order valence-corrected chi connectivity index (χ2v) is 7.26. The number of halogens is 1.